The Kier molecular flexibility index (Phi) is 6.07. The van der Waals surface area contributed by atoms with Gasteiger partial charge in [-0.1, -0.05) is 11.6 Å². The normalized spacial score (nSPS) is 18.6. The van der Waals surface area contributed by atoms with Gasteiger partial charge in [0, 0.05) is 5.70 Å². The number of hydrogen-bond donors (Lipinski definition) is 0. The maximum absolute atomic E-state index is 12.6. The van der Waals surface area contributed by atoms with E-state index >= 15 is 0 Å². The summed E-state index contributed by atoms with van der Waals surface area (Å²) in [5.41, 5.74) is 0.131. The van der Waals surface area contributed by atoms with Gasteiger partial charge in [-0.3, -0.25) is 0 Å². The molecule has 2 rings (SSSR count). The van der Waals surface area contributed by atoms with Crippen LogP contribution in [0.5, 0.6) is 0 Å². The first-order chi connectivity index (χ1) is 13.2. The van der Waals surface area contributed by atoms with Crippen molar-refractivity contribution in [1.82, 2.24) is 4.90 Å². The molecule has 0 bridgehead atoms. The molecule has 2 heterocycles. The van der Waals surface area contributed by atoms with Crippen molar-refractivity contribution in [2.45, 2.75) is 19.9 Å². The Bertz CT molecular complexity index is 874. The number of carbonyl (C=O) groups is 4. The van der Waals surface area contributed by atoms with Crippen molar-refractivity contribution < 1.29 is 38.1 Å². The average molecular weight is 391 g/mol. The SMILES string of the molecule is COC(=O)C1=C(C(=O)OC)C2C=C(C)C=C(C)N2C(C(=O)OC)=C1C(=O)OC. The lowest BCUT2D eigenvalue weighted by molar-refractivity contribution is -0.143. The number of allylic oxidation sites excluding steroid dienone is 3. The average Bonchev–Trinajstić information content (AvgIpc) is 2.69. The van der Waals surface area contributed by atoms with Crippen molar-refractivity contribution in [3.63, 3.8) is 0 Å². The van der Waals surface area contributed by atoms with Crippen LogP contribution in [0.1, 0.15) is 13.8 Å². The molecule has 0 radical (unpaired) electrons. The van der Waals surface area contributed by atoms with Crippen molar-refractivity contribution in [1.29, 1.82) is 0 Å². The largest absolute Gasteiger partial charge is 0.466 e. The number of hydrogen-bond acceptors (Lipinski definition) is 9. The van der Waals surface area contributed by atoms with Crippen LogP contribution in [0.3, 0.4) is 0 Å². The molecule has 0 fully saturated rings. The Morgan fingerprint density at radius 1 is 0.786 bits per heavy atom. The summed E-state index contributed by atoms with van der Waals surface area (Å²) >= 11 is 0. The molecule has 1 unspecified atom stereocenters. The van der Waals surface area contributed by atoms with Crippen LogP contribution < -0.4 is 0 Å². The van der Waals surface area contributed by atoms with Crippen LogP contribution in [-0.2, 0) is 38.1 Å². The van der Waals surface area contributed by atoms with E-state index in [0.29, 0.717) is 5.70 Å². The van der Waals surface area contributed by atoms with Gasteiger partial charge in [-0.25, -0.2) is 19.2 Å². The number of nitrogens with zero attached hydrogens (tertiary/aromatic N) is 1. The molecule has 9 heteroatoms. The quantitative estimate of drug-likeness (QED) is 0.507. The number of methoxy groups -OCH3 is 4. The van der Waals surface area contributed by atoms with Crippen LogP contribution in [-0.4, -0.2) is 63.3 Å². The van der Waals surface area contributed by atoms with Crippen molar-refractivity contribution >= 4 is 23.9 Å². The first kappa shape index (κ1) is 20.9. The van der Waals surface area contributed by atoms with Crippen LogP contribution in [0.2, 0.25) is 0 Å². The molecule has 150 valence electrons. The van der Waals surface area contributed by atoms with Crippen molar-refractivity contribution in [3.05, 3.63) is 45.8 Å². The van der Waals surface area contributed by atoms with E-state index in [1.807, 2.05) is 0 Å². The molecule has 0 spiro atoms. The molecule has 2 aliphatic rings. The molecule has 0 aromatic rings. The number of carbonyl (C=O) groups excluding carboxylic acids is 4. The van der Waals surface area contributed by atoms with E-state index in [1.165, 1.54) is 4.90 Å². The molecule has 0 aromatic carbocycles. The molecule has 28 heavy (non-hydrogen) atoms. The molecular formula is C19H21NO8. The number of fused-ring (bicyclic) bond motifs is 1. The second-order valence-corrected chi connectivity index (χ2v) is 5.99. The van der Waals surface area contributed by atoms with E-state index in [4.69, 9.17) is 18.9 Å². The zero-order valence-corrected chi connectivity index (χ0v) is 16.4. The van der Waals surface area contributed by atoms with E-state index in [9.17, 15) is 19.2 Å². The zero-order valence-electron chi connectivity index (χ0n) is 16.4. The van der Waals surface area contributed by atoms with E-state index in [-0.39, 0.29) is 11.3 Å². The number of rotatable bonds is 4. The van der Waals surface area contributed by atoms with Gasteiger partial charge in [0.05, 0.1) is 45.6 Å². The summed E-state index contributed by atoms with van der Waals surface area (Å²) < 4.78 is 19.2. The predicted molar refractivity (Wildman–Crippen MR) is 95.3 cm³/mol. The molecule has 0 saturated carbocycles. The van der Waals surface area contributed by atoms with Gasteiger partial charge >= 0.3 is 23.9 Å². The molecule has 0 amide bonds. The summed E-state index contributed by atoms with van der Waals surface area (Å²) in [7, 11) is 4.47. The molecule has 0 saturated heterocycles. The number of ether oxygens (including phenoxy) is 4. The summed E-state index contributed by atoms with van der Waals surface area (Å²) in [5.74, 6) is -3.71. The van der Waals surface area contributed by atoms with Gasteiger partial charge in [-0.15, -0.1) is 0 Å². The minimum atomic E-state index is -1.00. The Morgan fingerprint density at radius 3 is 1.79 bits per heavy atom. The monoisotopic (exact) mass is 391 g/mol. The lowest BCUT2D eigenvalue weighted by Gasteiger charge is -2.40. The fourth-order valence-corrected chi connectivity index (χ4v) is 3.28. The molecular weight excluding hydrogens is 370 g/mol. The topological polar surface area (TPSA) is 108 Å². The minimum Gasteiger partial charge on any atom is -0.466 e. The fraction of sp³-hybridized carbons (Fsp3) is 0.368. The Labute approximate surface area is 161 Å². The third-order valence-electron chi connectivity index (χ3n) is 4.37. The second-order valence-electron chi connectivity index (χ2n) is 5.99. The fourth-order valence-electron chi connectivity index (χ4n) is 3.28. The molecule has 0 N–H and O–H groups in total. The summed E-state index contributed by atoms with van der Waals surface area (Å²) in [4.78, 5) is 51.8. The highest BCUT2D eigenvalue weighted by Gasteiger charge is 2.47. The first-order valence-electron chi connectivity index (χ1n) is 8.21. The minimum absolute atomic E-state index is 0.144. The van der Waals surface area contributed by atoms with Gasteiger partial charge in [0.1, 0.15) is 11.3 Å². The van der Waals surface area contributed by atoms with Crippen LogP contribution in [0.15, 0.2) is 45.8 Å². The Hall–Kier alpha value is -3.36. The van der Waals surface area contributed by atoms with Gasteiger partial charge in [-0.05, 0) is 19.9 Å². The third-order valence-corrected chi connectivity index (χ3v) is 4.37. The van der Waals surface area contributed by atoms with Crippen LogP contribution in [0, 0.1) is 0 Å². The van der Waals surface area contributed by atoms with Crippen molar-refractivity contribution in [2.75, 3.05) is 28.4 Å². The zero-order chi connectivity index (χ0) is 21.2. The second kappa shape index (κ2) is 8.12. The summed E-state index contributed by atoms with van der Waals surface area (Å²) in [6.07, 6.45) is 3.42. The van der Waals surface area contributed by atoms with E-state index in [0.717, 1.165) is 34.0 Å². The highest BCUT2D eigenvalue weighted by Crippen LogP contribution is 2.40. The maximum atomic E-state index is 12.6. The van der Waals surface area contributed by atoms with Gasteiger partial charge in [-0.2, -0.15) is 0 Å². The van der Waals surface area contributed by atoms with E-state index in [1.54, 1.807) is 26.0 Å². The summed E-state index contributed by atoms with van der Waals surface area (Å²) in [6, 6.07) is -0.881. The van der Waals surface area contributed by atoms with Gasteiger partial charge in [0.15, 0.2) is 0 Å². The van der Waals surface area contributed by atoms with Gasteiger partial charge < -0.3 is 23.8 Å². The lowest BCUT2D eigenvalue weighted by Crippen LogP contribution is -2.46. The van der Waals surface area contributed by atoms with E-state index < -0.39 is 41.1 Å². The summed E-state index contributed by atoms with van der Waals surface area (Å²) in [6.45, 7) is 3.49. The van der Waals surface area contributed by atoms with Crippen LogP contribution in [0.4, 0.5) is 0 Å². The standard InChI is InChI=1S/C19H21NO8/c1-9-7-10(2)20-11(8-9)12(16(21)25-3)13(17(22)26-4)14(18(23)27-5)15(20)19(24)28-6/h7-8,11H,1-6H3. The van der Waals surface area contributed by atoms with E-state index in [2.05, 4.69) is 0 Å². The molecule has 9 nitrogen and oxygen atoms in total. The molecule has 1 atom stereocenters. The van der Waals surface area contributed by atoms with Crippen LogP contribution in [0.25, 0.3) is 0 Å². The predicted octanol–water partition coefficient (Wildman–Crippen LogP) is 0.777. The maximum Gasteiger partial charge on any atom is 0.355 e. The van der Waals surface area contributed by atoms with Crippen molar-refractivity contribution in [3.8, 4) is 0 Å². The third kappa shape index (κ3) is 3.30. The molecule has 0 aliphatic carbocycles. The first-order valence-corrected chi connectivity index (χ1v) is 8.21. The van der Waals surface area contributed by atoms with Gasteiger partial charge in [0.2, 0.25) is 0 Å². The summed E-state index contributed by atoms with van der Waals surface area (Å²) in [5, 5.41) is 0. The molecule has 0 aromatic heterocycles. The Balaban J connectivity index is 3.03. The van der Waals surface area contributed by atoms with Crippen molar-refractivity contribution in [2.24, 2.45) is 0 Å². The Morgan fingerprint density at radius 2 is 1.29 bits per heavy atom. The van der Waals surface area contributed by atoms with Crippen LogP contribution >= 0.6 is 0 Å². The smallest absolute Gasteiger partial charge is 0.355 e. The highest BCUT2D eigenvalue weighted by atomic mass is 16.5. The number of esters is 4. The highest BCUT2D eigenvalue weighted by molar-refractivity contribution is 6.16. The molecule has 2 aliphatic heterocycles. The van der Waals surface area contributed by atoms with Gasteiger partial charge in [0.25, 0.3) is 0 Å². The lowest BCUT2D eigenvalue weighted by atomic mass is 9.84.